The van der Waals surface area contributed by atoms with Gasteiger partial charge in [-0.05, 0) is 12.1 Å². The molecule has 14 heavy (non-hydrogen) atoms. The Labute approximate surface area is 94.3 Å². The Morgan fingerprint density at radius 3 is 2.86 bits per heavy atom. The number of halogens is 2. The first-order valence-corrected chi connectivity index (χ1v) is 5.04. The van der Waals surface area contributed by atoms with Crippen LogP contribution in [0, 0.1) is 0 Å². The Morgan fingerprint density at radius 1 is 1.29 bits per heavy atom. The lowest BCUT2D eigenvalue weighted by molar-refractivity contribution is 0.980. The van der Waals surface area contributed by atoms with Crippen molar-refractivity contribution in [1.82, 2.24) is 15.2 Å². The van der Waals surface area contributed by atoms with Crippen LogP contribution in [0.2, 0.25) is 5.15 Å². The van der Waals surface area contributed by atoms with Crippen LogP contribution in [0.15, 0.2) is 34.9 Å². The number of rotatable bonds is 1. The second kappa shape index (κ2) is 4.02. The summed E-state index contributed by atoms with van der Waals surface area (Å²) in [5.41, 5.74) is 0.884. The van der Waals surface area contributed by atoms with Crippen LogP contribution in [0.25, 0.3) is 11.4 Å². The third kappa shape index (κ3) is 2.08. The zero-order chi connectivity index (χ0) is 9.97. The van der Waals surface area contributed by atoms with Gasteiger partial charge in [-0.15, -0.1) is 5.10 Å². The third-order valence-corrected chi connectivity index (χ3v) is 2.29. The van der Waals surface area contributed by atoms with Crippen molar-refractivity contribution in [3.05, 3.63) is 40.1 Å². The summed E-state index contributed by atoms with van der Waals surface area (Å²) in [6.45, 7) is 0. The molecule has 0 saturated carbocycles. The molecule has 0 aliphatic heterocycles. The maximum atomic E-state index is 5.71. The fourth-order valence-electron chi connectivity index (χ4n) is 1.03. The van der Waals surface area contributed by atoms with Crippen molar-refractivity contribution in [3.63, 3.8) is 0 Å². The lowest BCUT2D eigenvalue weighted by Gasteiger charge is -1.98. The number of nitrogens with zero attached hydrogens (tertiary/aromatic N) is 3. The average molecular weight is 271 g/mol. The van der Waals surface area contributed by atoms with E-state index in [0.717, 1.165) is 10.0 Å². The highest BCUT2D eigenvalue weighted by atomic mass is 79.9. The van der Waals surface area contributed by atoms with E-state index in [1.807, 2.05) is 24.3 Å². The Bertz CT molecular complexity index is 418. The van der Waals surface area contributed by atoms with Crippen molar-refractivity contribution in [2.75, 3.05) is 0 Å². The van der Waals surface area contributed by atoms with E-state index in [0.29, 0.717) is 11.0 Å². The Kier molecular flexibility index (Phi) is 2.74. The molecule has 5 heteroatoms. The molecule has 0 N–H and O–H groups in total. The van der Waals surface area contributed by atoms with Gasteiger partial charge in [-0.3, -0.25) is 0 Å². The van der Waals surface area contributed by atoms with E-state index in [4.69, 9.17) is 11.6 Å². The maximum Gasteiger partial charge on any atom is 0.183 e. The molecule has 0 unspecified atom stereocenters. The lowest BCUT2D eigenvalue weighted by atomic mass is 10.2. The van der Waals surface area contributed by atoms with E-state index in [9.17, 15) is 0 Å². The second-order valence-electron chi connectivity index (χ2n) is 2.61. The van der Waals surface area contributed by atoms with E-state index in [1.165, 1.54) is 6.20 Å². The van der Waals surface area contributed by atoms with Crippen molar-refractivity contribution in [3.8, 4) is 11.4 Å². The Morgan fingerprint density at radius 2 is 2.14 bits per heavy atom. The van der Waals surface area contributed by atoms with E-state index in [2.05, 4.69) is 31.1 Å². The molecule has 0 amide bonds. The summed E-state index contributed by atoms with van der Waals surface area (Å²) in [5, 5.41) is 7.96. The fraction of sp³-hybridized carbons (Fsp3) is 0. The van der Waals surface area contributed by atoms with Gasteiger partial charge >= 0.3 is 0 Å². The van der Waals surface area contributed by atoms with Gasteiger partial charge in [0.15, 0.2) is 11.0 Å². The zero-order valence-electron chi connectivity index (χ0n) is 6.98. The number of aromatic nitrogens is 3. The van der Waals surface area contributed by atoms with Gasteiger partial charge < -0.3 is 0 Å². The van der Waals surface area contributed by atoms with Gasteiger partial charge in [-0.1, -0.05) is 39.7 Å². The van der Waals surface area contributed by atoms with Crippen LogP contribution in [0.1, 0.15) is 0 Å². The standard InChI is InChI=1S/C9H5BrClN3/c10-7-3-1-2-6(4-7)9-13-8(11)5-12-14-9/h1-5H. The molecule has 70 valence electrons. The molecule has 3 nitrogen and oxygen atoms in total. The first-order chi connectivity index (χ1) is 6.75. The van der Waals surface area contributed by atoms with Crippen molar-refractivity contribution < 1.29 is 0 Å². The molecule has 1 aromatic carbocycles. The largest absolute Gasteiger partial charge is 0.213 e. The zero-order valence-corrected chi connectivity index (χ0v) is 9.33. The van der Waals surface area contributed by atoms with E-state index >= 15 is 0 Å². The van der Waals surface area contributed by atoms with Gasteiger partial charge in [-0.25, -0.2) is 4.98 Å². The predicted molar refractivity (Wildman–Crippen MR) is 58.0 cm³/mol. The molecule has 0 atom stereocenters. The molecule has 1 heterocycles. The molecule has 0 bridgehead atoms. The number of benzene rings is 1. The molecule has 2 rings (SSSR count). The third-order valence-electron chi connectivity index (χ3n) is 1.61. The summed E-state index contributed by atoms with van der Waals surface area (Å²) in [4.78, 5) is 4.06. The highest BCUT2D eigenvalue weighted by Gasteiger charge is 2.02. The quantitative estimate of drug-likeness (QED) is 0.800. The highest BCUT2D eigenvalue weighted by molar-refractivity contribution is 9.10. The number of hydrogen-bond donors (Lipinski definition) is 0. The minimum atomic E-state index is 0.343. The minimum absolute atomic E-state index is 0.343. The van der Waals surface area contributed by atoms with Gasteiger partial charge in [0.1, 0.15) is 0 Å². The van der Waals surface area contributed by atoms with E-state index in [1.54, 1.807) is 0 Å². The maximum absolute atomic E-state index is 5.71. The summed E-state index contributed by atoms with van der Waals surface area (Å²) in [7, 11) is 0. The first kappa shape index (κ1) is 9.55. The predicted octanol–water partition coefficient (Wildman–Crippen LogP) is 2.95. The average Bonchev–Trinajstić information content (AvgIpc) is 2.18. The summed E-state index contributed by atoms with van der Waals surface area (Å²) in [6, 6.07) is 7.65. The van der Waals surface area contributed by atoms with Gasteiger partial charge in [0.05, 0.1) is 6.20 Å². The molecule has 1 aromatic heterocycles. The van der Waals surface area contributed by atoms with Crippen LogP contribution in [-0.4, -0.2) is 15.2 Å². The fourth-order valence-corrected chi connectivity index (χ4v) is 1.56. The normalized spacial score (nSPS) is 10.1. The van der Waals surface area contributed by atoms with Crippen LogP contribution >= 0.6 is 27.5 Å². The van der Waals surface area contributed by atoms with Crippen molar-refractivity contribution in [2.24, 2.45) is 0 Å². The minimum Gasteiger partial charge on any atom is -0.213 e. The summed E-state index contributed by atoms with van der Waals surface area (Å²) >= 11 is 9.08. The van der Waals surface area contributed by atoms with Crippen LogP contribution in [0.3, 0.4) is 0 Å². The molecule has 0 aliphatic rings. The molecule has 0 aliphatic carbocycles. The Balaban J connectivity index is 2.49. The molecular weight excluding hydrogens is 265 g/mol. The molecule has 0 fully saturated rings. The van der Waals surface area contributed by atoms with Gasteiger partial charge in [0, 0.05) is 10.0 Å². The smallest absolute Gasteiger partial charge is 0.183 e. The molecule has 2 aromatic rings. The molecule has 0 radical (unpaired) electrons. The summed E-state index contributed by atoms with van der Waals surface area (Å²) in [6.07, 6.45) is 1.41. The second-order valence-corrected chi connectivity index (χ2v) is 3.92. The van der Waals surface area contributed by atoms with Crippen LogP contribution in [-0.2, 0) is 0 Å². The topological polar surface area (TPSA) is 38.7 Å². The van der Waals surface area contributed by atoms with Gasteiger partial charge in [-0.2, -0.15) is 5.10 Å². The Hall–Kier alpha value is -1.00. The van der Waals surface area contributed by atoms with Crippen LogP contribution in [0.4, 0.5) is 0 Å². The lowest BCUT2D eigenvalue weighted by Crippen LogP contribution is -1.91. The van der Waals surface area contributed by atoms with Crippen LogP contribution < -0.4 is 0 Å². The van der Waals surface area contributed by atoms with Crippen molar-refractivity contribution in [1.29, 1.82) is 0 Å². The van der Waals surface area contributed by atoms with E-state index in [-0.39, 0.29) is 0 Å². The monoisotopic (exact) mass is 269 g/mol. The SMILES string of the molecule is Clc1cnnc(-c2cccc(Br)c2)n1. The van der Waals surface area contributed by atoms with Crippen molar-refractivity contribution >= 4 is 27.5 Å². The summed E-state index contributed by atoms with van der Waals surface area (Å²) in [5.74, 6) is 0.527. The number of hydrogen-bond acceptors (Lipinski definition) is 3. The van der Waals surface area contributed by atoms with Crippen molar-refractivity contribution in [2.45, 2.75) is 0 Å². The van der Waals surface area contributed by atoms with E-state index < -0.39 is 0 Å². The first-order valence-electron chi connectivity index (χ1n) is 3.87. The highest BCUT2D eigenvalue weighted by Crippen LogP contribution is 2.19. The van der Waals surface area contributed by atoms with Crippen LogP contribution in [0.5, 0.6) is 0 Å². The molecular formula is C9H5BrClN3. The van der Waals surface area contributed by atoms with Gasteiger partial charge in [0.25, 0.3) is 0 Å². The molecule has 0 saturated heterocycles. The van der Waals surface area contributed by atoms with Gasteiger partial charge in [0.2, 0.25) is 0 Å². The molecule has 0 spiro atoms. The summed E-state index contributed by atoms with van der Waals surface area (Å²) < 4.78 is 0.971.